The molecule has 4 N–H and O–H groups in total. The smallest absolute Gasteiger partial charge is 0.327 e. The fourth-order valence-corrected chi connectivity index (χ4v) is 10.1. The Kier molecular flexibility index (Phi) is 15.1. The van der Waals surface area contributed by atoms with E-state index >= 15 is 0 Å². The van der Waals surface area contributed by atoms with Crippen molar-refractivity contribution in [3.05, 3.63) is 0 Å². The molecule has 4 rings (SSSR count). The van der Waals surface area contributed by atoms with Gasteiger partial charge in [0, 0.05) is 0 Å². The van der Waals surface area contributed by atoms with Crippen LogP contribution in [0.3, 0.4) is 0 Å². The minimum atomic E-state index is -5.05. The second-order valence-electron chi connectivity index (χ2n) is 13.8. The Bertz CT molecular complexity index is 1290. The predicted octanol–water partition coefficient (Wildman–Crippen LogP) is 4.94. The number of ether oxygens (including phenoxy) is 2. The average molecular weight is 725 g/mol. The predicted molar refractivity (Wildman–Crippen MR) is 172 cm³/mol. The van der Waals surface area contributed by atoms with Crippen LogP contribution in [0.15, 0.2) is 0 Å². The number of carboxylic acids is 2. The summed E-state index contributed by atoms with van der Waals surface area (Å²) in [5.74, 6) is -6.11. The van der Waals surface area contributed by atoms with Crippen LogP contribution in [0, 0.1) is 17.3 Å². The minimum Gasteiger partial charge on any atom is -0.481 e. The lowest BCUT2D eigenvalue weighted by Crippen LogP contribution is -2.59. The normalized spacial score (nSPS) is 22.4. The molecule has 0 saturated heterocycles. The maximum Gasteiger partial charge on any atom is 0.327 e. The van der Waals surface area contributed by atoms with Gasteiger partial charge in [0.2, 0.25) is 0 Å². The van der Waals surface area contributed by atoms with Crippen molar-refractivity contribution in [1.29, 1.82) is 0 Å². The molecule has 0 radical (unpaired) electrons. The molecule has 48 heavy (non-hydrogen) atoms. The van der Waals surface area contributed by atoms with Crippen LogP contribution in [0.4, 0.5) is 0 Å². The molecule has 4 aliphatic carbocycles. The van der Waals surface area contributed by atoms with E-state index < -0.39 is 78.3 Å². The fourth-order valence-electron chi connectivity index (χ4n) is 8.26. The molecule has 4 saturated carbocycles. The van der Waals surface area contributed by atoms with Crippen molar-refractivity contribution in [2.24, 2.45) is 17.3 Å². The summed E-state index contributed by atoms with van der Waals surface area (Å²) in [6.45, 7) is 0. The van der Waals surface area contributed by atoms with Crippen molar-refractivity contribution in [2.45, 2.75) is 158 Å². The molecular weight excluding hydrogens is 672 g/mol. The molecule has 0 bridgehead atoms. The Morgan fingerprint density at radius 2 is 0.958 bits per heavy atom. The van der Waals surface area contributed by atoms with E-state index in [4.69, 9.17) is 9.47 Å². The maximum atomic E-state index is 12.4. The SMILES string of the molecule is O=C(CC(C(=O)OC1CCCCC1)S(=O)(=O)O)OC1CCCCC1.O=C(O)C(C(C(=O)O)(C1CCCCC1)C1CCCCC1)S(=O)(=O)O. The quantitative estimate of drug-likeness (QED) is 0.154. The van der Waals surface area contributed by atoms with Gasteiger partial charge in [0.05, 0.1) is 6.42 Å². The van der Waals surface area contributed by atoms with Crippen molar-refractivity contribution >= 4 is 44.1 Å². The van der Waals surface area contributed by atoms with Crippen molar-refractivity contribution in [1.82, 2.24) is 0 Å². The first-order chi connectivity index (χ1) is 22.6. The second-order valence-corrected chi connectivity index (χ2v) is 16.9. The van der Waals surface area contributed by atoms with Crippen LogP contribution in [0.25, 0.3) is 0 Å². The molecule has 0 spiro atoms. The van der Waals surface area contributed by atoms with Gasteiger partial charge in [-0.1, -0.05) is 51.4 Å². The summed E-state index contributed by atoms with van der Waals surface area (Å²) in [4.78, 5) is 48.2. The average Bonchev–Trinajstić information content (AvgIpc) is 3.03. The molecule has 0 aromatic heterocycles. The zero-order valence-electron chi connectivity index (χ0n) is 27.5. The van der Waals surface area contributed by atoms with Crippen molar-refractivity contribution in [2.75, 3.05) is 0 Å². The summed E-state index contributed by atoms with van der Waals surface area (Å²) in [5.41, 5.74) is -1.96. The van der Waals surface area contributed by atoms with E-state index in [-0.39, 0.29) is 12.2 Å². The van der Waals surface area contributed by atoms with Gasteiger partial charge < -0.3 is 19.7 Å². The van der Waals surface area contributed by atoms with E-state index in [1.165, 1.54) is 0 Å². The number of carboxylic acid groups (broad SMARTS) is 2. The number of aliphatic carboxylic acids is 2. The molecule has 0 heterocycles. The van der Waals surface area contributed by atoms with Gasteiger partial charge in [-0.25, -0.2) is 0 Å². The maximum absolute atomic E-state index is 12.4. The molecule has 4 fully saturated rings. The van der Waals surface area contributed by atoms with Gasteiger partial charge in [-0.3, -0.25) is 28.3 Å². The molecule has 0 aromatic rings. The Morgan fingerprint density at radius 3 is 1.29 bits per heavy atom. The van der Waals surface area contributed by atoms with E-state index in [0.29, 0.717) is 38.5 Å². The van der Waals surface area contributed by atoms with Crippen molar-refractivity contribution < 1.29 is 64.8 Å². The van der Waals surface area contributed by atoms with Crippen LogP contribution < -0.4 is 0 Å². The lowest BCUT2D eigenvalue weighted by atomic mass is 9.57. The Hall–Kier alpha value is -2.30. The highest BCUT2D eigenvalue weighted by atomic mass is 32.2. The van der Waals surface area contributed by atoms with Crippen LogP contribution in [-0.4, -0.2) is 82.7 Å². The molecule has 2 atom stereocenters. The molecule has 0 amide bonds. The molecule has 276 valence electrons. The van der Waals surface area contributed by atoms with E-state index in [1.807, 2.05) is 0 Å². The number of esters is 2. The third kappa shape index (κ3) is 10.8. The van der Waals surface area contributed by atoms with E-state index in [2.05, 4.69) is 0 Å². The van der Waals surface area contributed by atoms with Gasteiger partial charge in [0.15, 0.2) is 10.5 Å². The van der Waals surface area contributed by atoms with Gasteiger partial charge in [-0.15, -0.1) is 0 Å². The number of carbonyl (C=O) groups excluding carboxylic acids is 2. The summed E-state index contributed by atoms with van der Waals surface area (Å²) in [6, 6.07) is 0. The first-order valence-electron chi connectivity index (χ1n) is 17.4. The Labute approximate surface area is 283 Å². The summed E-state index contributed by atoms with van der Waals surface area (Å²) in [6.07, 6.45) is 14.3. The molecular formula is C32H52O14S2. The molecule has 16 heteroatoms. The Morgan fingerprint density at radius 1 is 0.583 bits per heavy atom. The molecule has 0 aliphatic heterocycles. The highest BCUT2D eigenvalue weighted by Gasteiger charge is 2.63. The number of hydrogen-bond donors (Lipinski definition) is 4. The van der Waals surface area contributed by atoms with Gasteiger partial charge >= 0.3 is 23.9 Å². The van der Waals surface area contributed by atoms with Gasteiger partial charge in [-0.05, 0) is 88.9 Å². The first-order valence-corrected chi connectivity index (χ1v) is 20.4. The fraction of sp³-hybridized carbons (Fsp3) is 0.875. The van der Waals surface area contributed by atoms with Gasteiger partial charge in [0.25, 0.3) is 20.2 Å². The van der Waals surface area contributed by atoms with Crippen LogP contribution in [0.2, 0.25) is 0 Å². The highest BCUT2D eigenvalue weighted by Crippen LogP contribution is 2.53. The zero-order valence-corrected chi connectivity index (χ0v) is 29.1. The summed E-state index contributed by atoms with van der Waals surface area (Å²) >= 11 is 0. The topological polar surface area (TPSA) is 236 Å². The van der Waals surface area contributed by atoms with Crippen LogP contribution >= 0.6 is 0 Å². The summed E-state index contributed by atoms with van der Waals surface area (Å²) < 4.78 is 76.2. The number of rotatable bonds is 12. The largest absolute Gasteiger partial charge is 0.481 e. The third-order valence-corrected chi connectivity index (χ3v) is 12.8. The van der Waals surface area contributed by atoms with Crippen molar-refractivity contribution in [3.8, 4) is 0 Å². The summed E-state index contributed by atoms with van der Waals surface area (Å²) in [5, 5.41) is 15.4. The third-order valence-electron chi connectivity index (χ3n) is 10.5. The highest BCUT2D eigenvalue weighted by molar-refractivity contribution is 7.87. The molecule has 2 unspecified atom stereocenters. The minimum absolute atomic E-state index is 0.234. The lowest BCUT2D eigenvalue weighted by Gasteiger charge is -2.47. The molecule has 0 aromatic carbocycles. The number of carbonyl (C=O) groups is 4. The zero-order chi connectivity index (χ0) is 35.5. The Balaban J connectivity index is 0.000000260. The van der Waals surface area contributed by atoms with Crippen molar-refractivity contribution in [3.63, 3.8) is 0 Å². The monoisotopic (exact) mass is 724 g/mol. The van der Waals surface area contributed by atoms with E-state index in [1.54, 1.807) is 0 Å². The van der Waals surface area contributed by atoms with Gasteiger partial charge in [0.1, 0.15) is 17.6 Å². The second kappa shape index (κ2) is 18.1. The molecule has 4 aliphatic rings. The van der Waals surface area contributed by atoms with E-state index in [9.17, 15) is 55.3 Å². The number of hydrogen-bond acceptors (Lipinski definition) is 10. The lowest BCUT2D eigenvalue weighted by molar-refractivity contribution is -0.167. The van der Waals surface area contributed by atoms with Gasteiger partial charge in [-0.2, -0.15) is 16.8 Å². The van der Waals surface area contributed by atoms with Crippen LogP contribution in [0.1, 0.15) is 135 Å². The van der Waals surface area contributed by atoms with Crippen LogP contribution in [-0.2, 0) is 48.9 Å². The standard InChI is InChI=1S/2C16H26O7S/c17-15(22-12-7-3-1-4-8-12)11-14(24(19,20)21)16(18)23-13-9-5-2-6-10-13;17-14(18)13(24(21,22)23)16(15(19)20,11-7-3-1-4-8-11)12-9-5-2-6-10-12/h12-14H,1-11H2,(H,19,20,21);11-13H,1-10H2,(H,17,18)(H,19,20)(H,21,22,23). The van der Waals surface area contributed by atoms with E-state index in [0.717, 1.165) is 89.9 Å². The summed E-state index contributed by atoms with van der Waals surface area (Å²) in [7, 11) is -9.77. The molecule has 14 nitrogen and oxygen atoms in total. The first kappa shape index (κ1) is 40.1. The van der Waals surface area contributed by atoms with Crippen LogP contribution in [0.5, 0.6) is 0 Å².